The van der Waals surface area contributed by atoms with E-state index in [1.807, 2.05) is 13.0 Å². The predicted molar refractivity (Wildman–Crippen MR) is 109 cm³/mol. The number of carbonyl (C=O) groups excluding carboxylic acids is 3. The minimum Gasteiger partial charge on any atom is -0.322 e. The zero-order valence-electron chi connectivity index (χ0n) is 16.3. The first-order chi connectivity index (χ1) is 14.3. The highest BCUT2D eigenvalue weighted by molar-refractivity contribution is 7.92. The summed E-state index contributed by atoms with van der Waals surface area (Å²) in [6.45, 7) is 2.13. The van der Waals surface area contributed by atoms with Crippen molar-refractivity contribution in [3.8, 4) is 0 Å². The number of imide groups is 1. The number of benzene rings is 2. The Morgan fingerprint density at radius 3 is 2.67 bits per heavy atom. The van der Waals surface area contributed by atoms with Gasteiger partial charge in [-0.05, 0) is 54.3 Å². The number of hydrogen-bond acceptors (Lipinski definition) is 5. The summed E-state index contributed by atoms with van der Waals surface area (Å²) in [6, 6.07) is 10.7. The number of carbonyl (C=O) groups is 3. The van der Waals surface area contributed by atoms with Crippen LogP contribution in [0.15, 0.2) is 47.4 Å². The number of anilines is 1. The van der Waals surface area contributed by atoms with Crippen LogP contribution < -0.4 is 10.0 Å². The number of nitrogens with zero attached hydrogens (tertiary/aromatic N) is 1. The molecule has 2 aromatic rings. The summed E-state index contributed by atoms with van der Waals surface area (Å²) in [7, 11) is -3.78. The summed E-state index contributed by atoms with van der Waals surface area (Å²) in [5, 5.41) is 2.26. The third-order valence-corrected chi connectivity index (χ3v) is 6.77. The van der Waals surface area contributed by atoms with Crippen LogP contribution in [-0.2, 0) is 32.6 Å². The van der Waals surface area contributed by atoms with E-state index in [9.17, 15) is 22.8 Å². The van der Waals surface area contributed by atoms with Crippen LogP contribution in [-0.4, -0.2) is 37.1 Å². The first-order valence-corrected chi connectivity index (χ1v) is 11.2. The van der Waals surface area contributed by atoms with Gasteiger partial charge >= 0.3 is 0 Å². The van der Waals surface area contributed by atoms with Crippen LogP contribution in [0, 0.1) is 0 Å². The Labute approximate surface area is 174 Å². The molecular weight excluding hydrogens is 406 g/mol. The number of piperidine rings is 1. The highest BCUT2D eigenvalue weighted by atomic mass is 32.2. The van der Waals surface area contributed by atoms with Gasteiger partial charge < -0.3 is 4.90 Å². The van der Waals surface area contributed by atoms with E-state index in [-0.39, 0.29) is 36.1 Å². The van der Waals surface area contributed by atoms with Crippen molar-refractivity contribution >= 4 is 33.4 Å². The molecule has 0 bridgehead atoms. The molecule has 4 rings (SSSR count). The second-order valence-corrected chi connectivity index (χ2v) is 9.06. The fourth-order valence-corrected chi connectivity index (χ4v) is 4.90. The molecule has 9 heteroatoms. The van der Waals surface area contributed by atoms with Crippen LogP contribution in [0.4, 0.5) is 5.69 Å². The van der Waals surface area contributed by atoms with E-state index in [1.54, 1.807) is 24.3 Å². The van der Waals surface area contributed by atoms with Crippen LogP contribution in [0.25, 0.3) is 0 Å². The first-order valence-electron chi connectivity index (χ1n) is 9.68. The van der Waals surface area contributed by atoms with Crippen molar-refractivity contribution < 1.29 is 22.8 Å². The van der Waals surface area contributed by atoms with Crippen molar-refractivity contribution in [1.82, 2.24) is 10.2 Å². The Morgan fingerprint density at radius 1 is 1.13 bits per heavy atom. The van der Waals surface area contributed by atoms with Gasteiger partial charge in [-0.2, -0.15) is 0 Å². The van der Waals surface area contributed by atoms with Gasteiger partial charge in [-0.1, -0.05) is 19.1 Å². The zero-order valence-corrected chi connectivity index (χ0v) is 17.2. The largest absolute Gasteiger partial charge is 0.322 e. The molecule has 1 saturated heterocycles. The summed E-state index contributed by atoms with van der Waals surface area (Å²) >= 11 is 0. The third kappa shape index (κ3) is 3.68. The second-order valence-electron chi connectivity index (χ2n) is 7.38. The molecule has 2 aliphatic rings. The molecule has 1 unspecified atom stereocenters. The first kappa shape index (κ1) is 20.1. The minimum atomic E-state index is -3.78. The van der Waals surface area contributed by atoms with Crippen LogP contribution in [0.1, 0.15) is 41.3 Å². The highest BCUT2D eigenvalue weighted by Crippen LogP contribution is 2.30. The van der Waals surface area contributed by atoms with Crippen molar-refractivity contribution in [2.75, 3.05) is 4.72 Å². The quantitative estimate of drug-likeness (QED) is 0.707. The fourth-order valence-electron chi connectivity index (χ4n) is 3.78. The average Bonchev–Trinajstić information content (AvgIpc) is 3.03. The number of aryl methyl sites for hydroxylation is 1. The molecule has 0 aliphatic carbocycles. The maximum atomic E-state index is 12.7. The van der Waals surface area contributed by atoms with Crippen molar-refractivity contribution in [2.24, 2.45) is 0 Å². The van der Waals surface area contributed by atoms with Gasteiger partial charge in [0.1, 0.15) is 6.04 Å². The molecule has 0 saturated carbocycles. The number of nitrogens with one attached hydrogen (secondary N) is 2. The molecule has 2 aromatic carbocycles. The van der Waals surface area contributed by atoms with Gasteiger partial charge in [0.25, 0.3) is 15.9 Å². The molecule has 1 atom stereocenters. The lowest BCUT2D eigenvalue weighted by Gasteiger charge is -2.29. The smallest absolute Gasteiger partial charge is 0.261 e. The molecular formula is C21H21N3O5S. The van der Waals surface area contributed by atoms with Gasteiger partial charge in [0, 0.05) is 24.2 Å². The number of hydrogen-bond donors (Lipinski definition) is 2. The van der Waals surface area contributed by atoms with Crippen molar-refractivity contribution in [1.29, 1.82) is 0 Å². The van der Waals surface area contributed by atoms with Gasteiger partial charge in [-0.25, -0.2) is 8.42 Å². The Hall–Kier alpha value is -3.20. The van der Waals surface area contributed by atoms with Crippen LogP contribution in [0.3, 0.4) is 0 Å². The maximum absolute atomic E-state index is 12.7. The Morgan fingerprint density at radius 2 is 1.93 bits per heavy atom. The average molecular weight is 427 g/mol. The lowest BCUT2D eigenvalue weighted by Crippen LogP contribution is -2.52. The predicted octanol–water partition coefficient (Wildman–Crippen LogP) is 1.81. The standard InChI is InChI=1S/C21H21N3O5S/c1-2-13-4-3-5-16(10-13)30(28,29)23-15-6-7-17-14(11-15)12-24(21(17)27)18-8-9-19(25)22-20(18)26/h3-7,10-11,18,23H,2,8-9,12H2,1H3,(H,22,25,26). The molecule has 2 heterocycles. The SMILES string of the molecule is CCc1cccc(S(=O)(=O)Nc2ccc3c(c2)CN(C2CCC(=O)NC2=O)C3=O)c1. The molecule has 1 fully saturated rings. The van der Waals surface area contributed by atoms with Crippen LogP contribution in [0.2, 0.25) is 0 Å². The minimum absolute atomic E-state index is 0.170. The lowest BCUT2D eigenvalue weighted by atomic mass is 10.0. The molecule has 2 N–H and O–H groups in total. The molecule has 3 amide bonds. The molecule has 0 spiro atoms. The summed E-state index contributed by atoms with van der Waals surface area (Å²) < 4.78 is 28.1. The van der Waals surface area contributed by atoms with E-state index in [1.165, 1.54) is 17.0 Å². The van der Waals surface area contributed by atoms with Crippen molar-refractivity contribution in [2.45, 2.75) is 43.7 Å². The van der Waals surface area contributed by atoms with Crippen molar-refractivity contribution in [3.05, 3.63) is 59.2 Å². The molecule has 8 nitrogen and oxygen atoms in total. The van der Waals surface area contributed by atoms with E-state index in [0.717, 1.165) is 12.0 Å². The Bertz CT molecular complexity index is 1160. The molecule has 0 aromatic heterocycles. The molecule has 2 aliphatic heterocycles. The summed E-state index contributed by atoms with van der Waals surface area (Å²) in [6.07, 6.45) is 1.18. The van der Waals surface area contributed by atoms with Gasteiger partial charge in [-0.3, -0.25) is 24.4 Å². The summed E-state index contributed by atoms with van der Waals surface area (Å²) in [5.74, 6) is -1.13. The normalized spacial score (nSPS) is 18.9. The Balaban J connectivity index is 1.55. The number of amides is 3. The zero-order chi connectivity index (χ0) is 21.5. The monoisotopic (exact) mass is 427 g/mol. The van der Waals surface area contributed by atoms with E-state index >= 15 is 0 Å². The number of rotatable bonds is 5. The van der Waals surface area contributed by atoms with Crippen LogP contribution >= 0.6 is 0 Å². The molecule has 0 radical (unpaired) electrons. The van der Waals surface area contributed by atoms with E-state index < -0.39 is 22.0 Å². The molecule has 30 heavy (non-hydrogen) atoms. The van der Waals surface area contributed by atoms with Gasteiger partial charge in [0.05, 0.1) is 4.90 Å². The topological polar surface area (TPSA) is 113 Å². The van der Waals surface area contributed by atoms with Gasteiger partial charge in [0.15, 0.2) is 0 Å². The summed E-state index contributed by atoms with van der Waals surface area (Å²) in [4.78, 5) is 37.8. The molecule has 156 valence electrons. The van der Waals surface area contributed by atoms with Gasteiger partial charge in [0.2, 0.25) is 11.8 Å². The van der Waals surface area contributed by atoms with E-state index in [4.69, 9.17) is 0 Å². The number of sulfonamides is 1. The third-order valence-electron chi connectivity index (χ3n) is 5.39. The van der Waals surface area contributed by atoms with Gasteiger partial charge in [-0.15, -0.1) is 0 Å². The maximum Gasteiger partial charge on any atom is 0.261 e. The highest BCUT2D eigenvalue weighted by Gasteiger charge is 2.39. The lowest BCUT2D eigenvalue weighted by molar-refractivity contribution is -0.136. The van der Waals surface area contributed by atoms with Crippen molar-refractivity contribution in [3.63, 3.8) is 0 Å². The van der Waals surface area contributed by atoms with E-state index in [0.29, 0.717) is 16.8 Å². The summed E-state index contributed by atoms with van der Waals surface area (Å²) in [5.41, 5.74) is 2.31. The Kier molecular flexibility index (Phi) is 5.07. The van der Waals surface area contributed by atoms with E-state index in [2.05, 4.69) is 10.0 Å². The fraction of sp³-hybridized carbons (Fsp3) is 0.286. The second kappa shape index (κ2) is 7.56. The number of fused-ring (bicyclic) bond motifs is 1. The van der Waals surface area contributed by atoms with Crippen LogP contribution in [0.5, 0.6) is 0 Å².